The second kappa shape index (κ2) is 6.19. The highest BCUT2D eigenvalue weighted by Crippen LogP contribution is 2.47. The van der Waals surface area contributed by atoms with Crippen LogP contribution in [0.3, 0.4) is 0 Å². The molecular formula is C18H17NO6. The number of benzene rings is 2. The second-order valence-electron chi connectivity index (χ2n) is 5.64. The lowest BCUT2D eigenvalue weighted by molar-refractivity contribution is -0.142. The van der Waals surface area contributed by atoms with Gasteiger partial charge in [0.05, 0.1) is 23.9 Å². The van der Waals surface area contributed by atoms with Gasteiger partial charge in [0.25, 0.3) is 5.91 Å². The quantitative estimate of drug-likeness (QED) is 0.725. The van der Waals surface area contributed by atoms with Gasteiger partial charge in [-0.1, -0.05) is 12.1 Å². The van der Waals surface area contributed by atoms with Crippen LogP contribution in [-0.2, 0) is 15.1 Å². The van der Waals surface area contributed by atoms with Crippen molar-refractivity contribution in [1.82, 2.24) is 0 Å². The van der Waals surface area contributed by atoms with E-state index in [2.05, 4.69) is 5.32 Å². The van der Waals surface area contributed by atoms with Gasteiger partial charge in [0, 0.05) is 7.11 Å². The van der Waals surface area contributed by atoms with Crippen molar-refractivity contribution >= 4 is 17.9 Å². The maximum atomic E-state index is 12.4. The monoisotopic (exact) mass is 343 g/mol. The van der Waals surface area contributed by atoms with Crippen molar-refractivity contribution in [2.24, 2.45) is 0 Å². The molecule has 0 fully saturated rings. The number of fused-ring (bicyclic) bond motifs is 1. The molecule has 2 aromatic carbocycles. The fraction of sp³-hybridized carbons (Fsp3) is 0.222. The Morgan fingerprint density at radius 1 is 1.16 bits per heavy atom. The number of nitrogens with one attached hydrogen (secondary N) is 1. The van der Waals surface area contributed by atoms with Crippen molar-refractivity contribution in [2.45, 2.75) is 11.7 Å². The highest BCUT2D eigenvalue weighted by molar-refractivity contribution is 6.01. The molecule has 2 aromatic rings. The zero-order valence-electron chi connectivity index (χ0n) is 13.6. The number of hydrogen-bond acceptors (Lipinski definition) is 6. The Balaban J connectivity index is 2.31. The van der Waals surface area contributed by atoms with Crippen LogP contribution in [0.5, 0.6) is 11.5 Å². The number of carbonyl (C=O) groups is 2. The Hall–Kier alpha value is -2.90. The number of amides is 1. The molecule has 1 heterocycles. The fourth-order valence-electron chi connectivity index (χ4n) is 3.13. The van der Waals surface area contributed by atoms with Crippen molar-refractivity contribution in [2.75, 3.05) is 19.5 Å². The highest BCUT2D eigenvalue weighted by Gasteiger charge is 2.51. The smallest absolute Gasteiger partial charge is 0.257 e. The van der Waals surface area contributed by atoms with Gasteiger partial charge in [-0.25, -0.2) is 0 Å². The summed E-state index contributed by atoms with van der Waals surface area (Å²) in [6.45, 7) is 0. The van der Waals surface area contributed by atoms with Crippen molar-refractivity contribution in [1.29, 1.82) is 0 Å². The van der Waals surface area contributed by atoms with E-state index in [1.54, 1.807) is 24.3 Å². The summed E-state index contributed by atoms with van der Waals surface area (Å²) in [6, 6.07) is 9.19. The minimum Gasteiger partial charge on any atom is -0.507 e. The molecule has 130 valence electrons. The summed E-state index contributed by atoms with van der Waals surface area (Å²) < 4.78 is 10.3. The molecule has 3 rings (SSSR count). The van der Waals surface area contributed by atoms with Gasteiger partial charge in [0.1, 0.15) is 11.5 Å². The van der Waals surface area contributed by atoms with Gasteiger partial charge in [-0.2, -0.15) is 0 Å². The summed E-state index contributed by atoms with van der Waals surface area (Å²) in [7, 11) is 2.79. The SMILES string of the molecule is COc1ccc(C2(O)c3c(ccc(C=O)c3O)NC(=O)C2OC)cc1. The number of aldehydes is 1. The molecule has 0 bridgehead atoms. The first-order chi connectivity index (χ1) is 12.0. The van der Waals surface area contributed by atoms with Gasteiger partial charge < -0.3 is 25.0 Å². The summed E-state index contributed by atoms with van der Waals surface area (Å²) in [5.41, 5.74) is -1.46. The Labute approximate surface area is 143 Å². The van der Waals surface area contributed by atoms with Crippen LogP contribution < -0.4 is 10.1 Å². The number of methoxy groups -OCH3 is 2. The normalized spacial score (nSPS) is 22.0. The first-order valence-corrected chi connectivity index (χ1v) is 7.49. The summed E-state index contributed by atoms with van der Waals surface area (Å²) in [5, 5.41) is 24.6. The summed E-state index contributed by atoms with van der Waals surface area (Å²) in [5.74, 6) is -0.410. The average molecular weight is 343 g/mol. The van der Waals surface area contributed by atoms with Crippen LogP contribution in [0.2, 0.25) is 0 Å². The Bertz CT molecular complexity index is 832. The minimum absolute atomic E-state index is 0.00307. The highest BCUT2D eigenvalue weighted by atomic mass is 16.5. The number of anilines is 1. The first kappa shape index (κ1) is 16.9. The molecule has 0 saturated carbocycles. The third-order valence-electron chi connectivity index (χ3n) is 4.36. The van der Waals surface area contributed by atoms with Crippen molar-refractivity contribution in [3.05, 3.63) is 53.1 Å². The second-order valence-corrected chi connectivity index (χ2v) is 5.64. The fourth-order valence-corrected chi connectivity index (χ4v) is 3.13. The molecule has 0 aliphatic carbocycles. The molecule has 0 radical (unpaired) electrons. The number of aromatic hydroxyl groups is 1. The molecule has 3 N–H and O–H groups in total. The summed E-state index contributed by atoms with van der Waals surface area (Å²) in [6.07, 6.45) is -0.844. The molecule has 2 atom stereocenters. The van der Waals surface area contributed by atoms with Gasteiger partial charge in [0.2, 0.25) is 0 Å². The van der Waals surface area contributed by atoms with Crippen LogP contribution in [0.1, 0.15) is 21.5 Å². The number of carbonyl (C=O) groups excluding carboxylic acids is 2. The summed E-state index contributed by atoms with van der Waals surface area (Å²) in [4.78, 5) is 23.6. The van der Waals surface area contributed by atoms with Crippen LogP contribution in [-0.4, -0.2) is 42.7 Å². The van der Waals surface area contributed by atoms with E-state index < -0.39 is 23.4 Å². The summed E-state index contributed by atoms with van der Waals surface area (Å²) >= 11 is 0. The number of aliphatic hydroxyl groups is 1. The lowest BCUT2D eigenvalue weighted by Crippen LogP contribution is -2.52. The topological polar surface area (TPSA) is 105 Å². The van der Waals surface area contributed by atoms with Gasteiger partial charge in [-0.3, -0.25) is 9.59 Å². The van der Waals surface area contributed by atoms with E-state index >= 15 is 0 Å². The van der Waals surface area contributed by atoms with E-state index in [9.17, 15) is 19.8 Å². The lowest BCUT2D eigenvalue weighted by Gasteiger charge is -2.40. The molecule has 25 heavy (non-hydrogen) atoms. The van der Waals surface area contributed by atoms with E-state index in [1.165, 1.54) is 26.4 Å². The number of rotatable bonds is 4. The Morgan fingerprint density at radius 2 is 1.84 bits per heavy atom. The van der Waals surface area contributed by atoms with E-state index in [1.807, 2.05) is 0 Å². The van der Waals surface area contributed by atoms with E-state index in [4.69, 9.17) is 9.47 Å². The van der Waals surface area contributed by atoms with Crippen molar-refractivity contribution < 1.29 is 29.3 Å². The molecule has 0 saturated heterocycles. The molecule has 1 amide bonds. The van der Waals surface area contributed by atoms with E-state index in [0.717, 1.165) is 0 Å². The lowest BCUT2D eigenvalue weighted by atomic mass is 9.77. The van der Waals surface area contributed by atoms with Crippen molar-refractivity contribution in [3.8, 4) is 11.5 Å². The largest absolute Gasteiger partial charge is 0.507 e. The van der Waals surface area contributed by atoms with E-state index in [0.29, 0.717) is 17.6 Å². The van der Waals surface area contributed by atoms with Gasteiger partial charge in [-0.15, -0.1) is 0 Å². The molecule has 2 unspecified atom stereocenters. The van der Waals surface area contributed by atoms with Crippen LogP contribution in [0, 0.1) is 0 Å². The maximum Gasteiger partial charge on any atom is 0.257 e. The molecule has 7 nitrogen and oxygen atoms in total. The average Bonchev–Trinajstić information content (AvgIpc) is 2.62. The molecule has 1 aliphatic heterocycles. The Kier molecular flexibility index (Phi) is 4.20. The van der Waals surface area contributed by atoms with E-state index in [-0.39, 0.29) is 16.8 Å². The predicted octanol–water partition coefficient (Wildman–Crippen LogP) is 1.42. The van der Waals surface area contributed by atoms with Crippen LogP contribution in [0.25, 0.3) is 0 Å². The molecule has 7 heteroatoms. The first-order valence-electron chi connectivity index (χ1n) is 7.49. The van der Waals surface area contributed by atoms with Crippen molar-refractivity contribution in [3.63, 3.8) is 0 Å². The zero-order chi connectivity index (χ0) is 18.2. The number of ether oxygens (including phenoxy) is 2. The van der Waals surface area contributed by atoms with Crippen LogP contribution in [0.4, 0.5) is 5.69 Å². The third kappa shape index (κ3) is 2.45. The minimum atomic E-state index is -1.98. The maximum absolute atomic E-state index is 12.4. The van der Waals surface area contributed by atoms with Crippen LogP contribution >= 0.6 is 0 Å². The molecular weight excluding hydrogens is 326 g/mol. The number of phenolic OH excluding ortho intramolecular Hbond substituents is 1. The molecule has 1 aliphatic rings. The predicted molar refractivity (Wildman–Crippen MR) is 88.9 cm³/mol. The molecule has 0 spiro atoms. The van der Waals surface area contributed by atoms with Crippen LogP contribution in [0.15, 0.2) is 36.4 Å². The van der Waals surface area contributed by atoms with Gasteiger partial charge >= 0.3 is 0 Å². The number of hydrogen-bond donors (Lipinski definition) is 3. The van der Waals surface area contributed by atoms with Gasteiger partial charge in [0.15, 0.2) is 18.0 Å². The molecule has 0 aromatic heterocycles. The third-order valence-corrected chi connectivity index (χ3v) is 4.36. The Morgan fingerprint density at radius 3 is 2.40 bits per heavy atom. The number of phenols is 1. The standard InChI is InChI=1S/C18H17NO6/c1-24-12-6-4-11(5-7-12)18(23)14-13(19-17(22)16(18)25-2)8-3-10(9-20)15(14)21/h3-9,16,21,23H,1-2H3,(H,19,22). The van der Waals surface area contributed by atoms with Gasteiger partial charge in [-0.05, 0) is 29.8 Å². The zero-order valence-corrected chi connectivity index (χ0v) is 13.6.